The van der Waals surface area contributed by atoms with Crippen molar-refractivity contribution in [1.29, 1.82) is 0 Å². The zero-order valence-corrected chi connectivity index (χ0v) is 9.51. The highest BCUT2D eigenvalue weighted by molar-refractivity contribution is 5.47. The van der Waals surface area contributed by atoms with Crippen molar-refractivity contribution < 1.29 is 4.39 Å². The molecule has 0 saturated heterocycles. The lowest BCUT2D eigenvalue weighted by Crippen LogP contribution is -2.22. The lowest BCUT2D eigenvalue weighted by atomic mass is 9.95. The van der Waals surface area contributed by atoms with Crippen LogP contribution in [0.2, 0.25) is 0 Å². The van der Waals surface area contributed by atoms with Gasteiger partial charge in [-0.2, -0.15) is 0 Å². The fraction of sp³-hybridized carbons (Fsp3) is 0.538. The van der Waals surface area contributed by atoms with Crippen molar-refractivity contribution >= 4 is 5.69 Å². The summed E-state index contributed by atoms with van der Waals surface area (Å²) in [5.74, 6) is -0.207. The summed E-state index contributed by atoms with van der Waals surface area (Å²) in [6, 6.07) is 5.48. The van der Waals surface area contributed by atoms with E-state index in [9.17, 15) is 4.39 Å². The molecule has 0 heterocycles. The van der Waals surface area contributed by atoms with Crippen LogP contribution in [0, 0.1) is 5.82 Å². The topological polar surface area (TPSA) is 38.0 Å². The van der Waals surface area contributed by atoms with Crippen molar-refractivity contribution in [3.05, 3.63) is 29.6 Å². The maximum absolute atomic E-state index is 13.3. The first-order valence-corrected chi connectivity index (χ1v) is 6.04. The molecule has 0 bridgehead atoms. The van der Waals surface area contributed by atoms with Crippen LogP contribution in [0.25, 0.3) is 0 Å². The van der Waals surface area contributed by atoms with Crippen LogP contribution in [-0.4, -0.2) is 6.04 Å². The van der Waals surface area contributed by atoms with Gasteiger partial charge in [0.1, 0.15) is 5.82 Å². The monoisotopic (exact) mass is 222 g/mol. The summed E-state index contributed by atoms with van der Waals surface area (Å²) >= 11 is 0. The highest BCUT2D eigenvalue weighted by atomic mass is 19.1. The second kappa shape index (κ2) is 5.30. The Morgan fingerprint density at radius 1 is 1.19 bits per heavy atom. The predicted octanol–water partition coefficient (Wildman–Crippen LogP) is 3.03. The molecule has 0 unspecified atom stereocenters. The van der Waals surface area contributed by atoms with Crippen LogP contribution in [0.3, 0.4) is 0 Å². The van der Waals surface area contributed by atoms with Gasteiger partial charge in [0.2, 0.25) is 0 Å². The second-order valence-corrected chi connectivity index (χ2v) is 4.53. The minimum absolute atomic E-state index is 0.207. The van der Waals surface area contributed by atoms with Gasteiger partial charge in [-0.25, -0.2) is 4.39 Å². The van der Waals surface area contributed by atoms with Crippen LogP contribution in [-0.2, 0) is 6.54 Å². The first kappa shape index (κ1) is 11.4. The molecule has 1 aliphatic rings. The van der Waals surface area contributed by atoms with E-state index in [0.29, 0.717) is 12.6 Å². The Morgan fingerprint density at radius 2 is 1.94 bits per heavy atom. The third kappa shape index (κ3) is 2.95. The number of nitrogens with one attached hydrogen (secondary N) is 1. The molecule has 1 aromatic carbocycles. The molecule has 0 radical (unpaired) electrons. The van der Waals surface area contributed by atoms with Crippen molar-refractivity contribution in [2.24, 2.45) is 5.73 Å². The molecule has 3 N–H and O–H groups in total. The van der Waals surface area contributed by atoms with Gasteiger partial charge in [0.05, 0.1) is 0 Å². The quantitative estimate of drug-likeness (QED) is 0.825. The smallest absolute Gasteiger partial charge is 0.125 e. The average molecular weight is 222 g/mol. The number of hydrogen-bond donors (Lipinski definition) is 2. The maximum Gasteiger partial charge on any atom is 0.125 e. The summed E-state index contributed by atoms with van der Waals surface area (Å²) < 4.78 is 13.3. The molecule has 1 aromatic rings. The summed E-state index contributed by atoms with van der Waals surface area (Å²) in [5, 5.41) is 3.40. The lowest BCUT2D eigenvalue weighted by molar-refractivity contribution is 0.462. The average Bonchev–Trinajstić information content (AvgIpc) is 2.29. The van der Waals surface area contributed by atoms with E-state index in [2.05, 4.69) is 5.32 Å². The fourth-order valence-corrected chi connectivity index (χ4v) is 2.33. The van der Waals surface area contributed by atoms with Crippen molar-refractivity contribution in [2.45, 2.75) is 44.7 Å². The van der Waals surface area contributed by atoms with Gasteiger partial charge in [0.15, 0.2) is 0 Å². The van der Waals surface area contributed by atoms with Crippen LogP contribution in [0.5, 0.6) is 0 Å². The van der Waals surface area contributed by atoms with Crippen molar-refractivity contribution in [1.82, 2.24) is 0 Å². The lowest BCUT2D eigenvalue weighted by Gasteiger charge is -2.24. The third-order valence-corrected chi connectivity index (χ3v) is 3.17. The van der Waals surface area contributed by atoms with Gasteiger partial charge in [0, 0.05) is 18.3 Å². The summed E-state index contributed by atoms with van der Waals surface area (Å²) in [6.45, 7) is 0.386. The largest absolute Gasteiger partial charge is 0.382 e. The Bertz CT molecular complexity index is 346. The van der Waals surface area contributed by atoms with E-state index in [1.54, 1.807) is 6.07 Å². The SMILES string of the molecule is NCc1cc(F)cc(NC2CCCCC2)c1. The zero-order chi connectivity index (χ0) is 11.4. The molecule has 0 aliphatic heterocycles. The number of halogens is 1. The summed E-state index contributed by atoms with van der Waals surface area (Å²) in [4.78, 5) is 0. The first-order chi connectivity index (χ1) is 7.78. The molecule has 88 valence electrons. The number of nitrogens with two attached hydrogens (primary N) is 1. The highest BCUT2D eigenvalue weighted by Gasteiger charge is 2.13. The molecule has 16 heavy (non-hydrogen) atoms. The Kier molecular flexibility index (Phi) is 3.78. The summed E-state index contributed by atoms with van der Waals surface area (Å²) in [6.07, 6.45) is 6.26. The van der Waals surface area contributed by atoms with Crippen LogP contribution in [0.4, 0.5) is 10.1 Å². The highest BCUT2D eigenvalue weighted by Crippen LogP contribution is 2.22. The van der Waals surface area contributed by atoms with E-state index >= 15 is 0 Å². The molecule has 0 atom stereocenters. The van der Waals surface area contributed by atoms with Gasteiger partial charge < -0.3 is 11.1 Å². The van der Waals surface area contributed by atoms with Gasteiger partial charge in [0.25, 0.3) is 0 Å². The van der Waals surface area contributed by atoms with Gasteiger partial charge in [-0.1, -0.05) is 19.3 Å². The number of anilines is 1. The van der Waals surface area contributed by atoms with Crippen molar-refractivity contribution in [3.63, 3.8) is 0 Å². The number of benzene rings is 1. The molecular weight excluding hydrogens is 203 g/mol. The van der Waals surface area contributed by atoms with Crippen molar-refractivity contribution in [2.75, 3.05) is 5.32 Å². The molecule has 0 amide bonds. The van der Waals surface area contributed by atoms with Gasteiger partial charge >= 0.3 is 0 Å². The maximum atomic E-state index is 13.3. The zero-order valence-electron chi connectivity index (χ0n) is 9.51. The molecule has 2 nitrogen and oxygen atoms in total. The molecule has 0 spiro atoms. The molecule has 2 rings (SSSR count). The molecular formula is C13H19FN2. The van der Waals surface area contributed by atoms with Crippen LogP contribution in [0.15, 0.2) is 18.2 Å². The minimum atomic E-state index is -0.207. The van der Waals surface area contributed by atoms with E-state index in [0.717, 1.165) is 11.3 Å². The van der Waals surface area contributed by atoms with Gasteiger partial charge in [-0.05, 0) is 36.6 Å². The van der Waals surface area contributed by atoms with Crippen molar-refractivity contribution in [3.8, 4) is 0 Å². The Balaban J connectivity index is 2.04. The molecule has 1 fully saturated rings. The summed E-state index contributed by atoms with van der Waals surface area (Å²) in [7, 11) is 0. The second-order valence-electron chi connectivity index (χ2n) is 4.53. The Morgan fingerprint density at radius 3 is 2.62 bits per heavy atom. The molecule has 3 heteroatoms. The minimum Gasteiger partial charge on any atom is -0.382 e. The van der Waals surface area contributed by atoms with E-state index in [4.69, 9.17) is 5.73 Å². The van der Waals surface area contributed by atoms with E-state index < -0.39 is 0 Å². The fourth-order valence-electron chi connectivity index (χ4n) is 2.33. The Hall–Kier alpha value is -1.09. The molecule has 0 aromatic heterocycles. The van der Waals surface area contributed by atoms with Crippen LogP contribution < -0.4 is 11.1 Å². The third-order valence-electron chi connectivity index (χ3n) is 3.17. The molecule has 1 aliphatic carbocycles. The predicted molar refractivity (Wildman–Crippen MR) is 64.8 cm³/mol. The van der Waals surface area contributed by atoms with E-state index in [-0.39, 0.29) is 5.82 Å². The molecule has 1 saturated carbocycles. The Labute approximate surface area is 96.0 Å². The normalized spacial score (nSPS) is 17.4. The van der Waals surface area contributed by atoms with Gasteiger partial charge in [-0.15, -0.1) is 0 Å². The van der Waals surface area contributed by atoms with E-state index in [1.165, 1.54) is 38.2 Å². The summed E-state index contributed by atoms with van der Waals surface area (Å²) in [5.41, 5.74) is 7.24. The van der Waals surface area contributed by atoms with Crippen LogP contribution >= 0.6 is 0 Å². The van der Waals surface area contributed by atoms with Crippen LogP contribution in [0.1, 0.15) is 37.7 Å². The standard InChI is InChI=1S/C13H19FN2/c14-11-6-10(9-15)7-13(8-11)16-12-4-2-1-3-5-12/h6-8,12,16H,1-5,9,15H2. The number of hydrogen-bond acceptors (Lipinski definition) is 2. The first-order valence-electron chi connectivity index (χ1n) is 6.04. The van der Waals surface area contributed by atoms with E-state index in [1.807, 2.05) is 6.07 Å². The van der Waals surface area contributed by atoms with Gasteiger partial charge in [-0.3, -0.25) is 0 Å². The number of rotatable bonds is 3.